The van der Waals surface area contributed by atoms with Crippen LogP contribution >= 0.6 is 0 Å². The molecule has 46 heavy (non-hydrogen) atoms. The summed E-state index contributed by atoms with van der Waals surface area (Å²) in [5.74, 6) is -1.48. The first-order chi connectivity index (χ1) is 22.3. The van der Waals surface area contributed by atoms with Crippen molar-refractivity contribution in [2.24, 2.45) is 0 Å². The molecule has 2 heterocycles. The van der Waals surface area contributed by atoms with E-state index in [0.29, 0.717) is 13.0 Å². The molecule has 240 valence electrons. The smallest absolute Gasteiger partial charge is 0.246 e. The zero-order valence-electron chi connectivity index (χ0n) is 26.8. The topological polar surface area (TPSA) is 123 Å². The molecule has 9 nitrogen and oxygen atoms in total. The number of carbonyl (C=O) groups is 4. The third-order valence-electron chi connectivity index (χ3n) is 8.72. The van der Waals surface area contributed by atoms with Crippen molar-refractivity contribution in [3.63, 3.8) is 0 Å². The molecule has 4 aromatic rings. The lowest BCUT2D eigenvalue weighted by molar-refractivity contribution is -0.146. The second-order valence-electron chi connectivity index (χ2n) is 11.9. The van der Waals surface area contributed by atoms with Crippen molar-refractivity contribution in [1.29, 1.82) is 0 Å². The Hall–Kier alpha value is -4.92. The van der Waals surface area contributed by atoms with Crippen LogP contribution in [0.25, 0.3) is 10.9 Å². The molecule has 2 unspecified atom stereocenters. The fourth-order valence-corrected chi connectivity index (χ4v) is 6.41. The van der Waals surface area contributed by atoms with E-state index >= 15 is 0 Å². The SMILES string of the molecule is CCc1cc(CNC(=O)C(Cc2c[nH]c3ccccc23)NC(=O)CN2CC(=O)NC(Cc3ccccc3)C2=O)cc(CC)c1CC. The van der Waals surface area contributed by atoms with E-state index in [0.717, 1.165) is 46.9 Å². The highest BCUT2D eigenvalue weighted by Crippen LogP contribution is 2.22. The number of hydrogen-bond donors (Lipinski definition) is 4. The summed E-state index contributed by atoms with van der Waals surface area (Å²) in [6.45, 7) is 6.24. The number of rotatable bonds is 13. The molecule has 2 atom stereocenters. The molecule has 0 bridgehead atoms. The molecule has 0 saturated carbocycles. The van der Waals surface area contributed by atoms with Crippen LogP contribution < -0.4 is 16.0 Å². The Balaban J connectivity index is 1.31. The van der Waals surface area contributed by atoms with E-state index in [9.17, 15) is 19.2 Å². The van der Waals surface area contributed by atoms with Crippen molar-refractivity contribution in [3.05, 3.63) is 106 Å². The lowest BCUT2D eigenvalue weighted by atomic mass is 9.93. The third kappa shape index (κ3) is 7.65. The summed E-state index contributed by atoms with van der Waals surface area (Å²) >= 11 is 0. The number of carbonyl (C=O) groups excluding carboxylic acids is 4. The lowest BCUT2D eigenvalue weighted by Gasteiger charge is -2.32. The third-order valence-corrected chi connectivity index (χ3v) is 8.72. The van der Waals surface area contributed by atoms with Gasteiger partial charge in [0.25, 0.3) is 0 Å². The molecule has 3 aromatic carbocycles. The van der Waals surface area contributed by atoms with E-state index in [-0.39, 0.29) is 37.2 Å². The monoisotopic (exact) mass is 621 g/mol. The maximum Gasteiger partial charge on any atom is 0.246 e. The van der Waals surface area contributed by atoms with Crippen molar-refractivity contribution in [1.82, 2.24) is 25.8 Å². The Morgan fingerprint density at radius 1 is 0.891 bits per heavy atom. The van der Waals surface area contributed by atoms with E-state index in [1.54, 1.807) is 0 Å². The van der Waals surface area contributed by atoms with Gasteiger partial charge in [-0.15, -0.1) is 0 Å². The molecule has 0 spiro atoms. The van der Waals surface area contributed by atoms with Gasteiger partial charge in [0.15, 0.2) is 0 Å². The van der Waals surface area contributed by atoms with Gasteiger partial charge in [-0.1, -0.05) is 81.4 Å². The van der Waals surface area contributed by atoms with E-state index in [4.69, 9.17) is 0 Å². The summed E-state index contributed by atoms with van der Waals surface area (Å²) in [5, 5.41) is 9.65. The molecular weight excluding hydrogens is 578 g/mol. The summed E-state index contributed by atoms with van der Waals surface area (Å²) in [4.78, 5) is 57.5. The number of para-hydroxylation sites is 1. The van der Waals surface area contributed by atoms with Gasteiger partial charge in [0.1, 0.15) is 25.2 Å². The fraction of sp³-hybridized carbons (Fsp3) is 0.351. The van der Waals surface area contributed by atoms with Gasteiger partial charge in [0, 0.05) is 36.5 Å². The average molecular weight is 622 g/mol. The molecular formula is C37H43N5O4. The summed E-state index contributed by atoms with van der Waals surface area (Å²) in [6.07, 6.45) is 5.23. The summed E-state index contributed by atoms with van der Waals surface area (Å²) in [6, 6.07) is 19.9. The van der Waals surface area contributed by atoms with Gasteiger partial charge in [-0.25, -0.2) is 0 Å². The van der Waals surface area contributed by atoms with Crippen LogP contribution in [0.5, 0.6) is 0 Å². The van der Waals surface area contributed by atoms with Crippen LogP contribution in [0.4, 0.5) is 0 Å². The molecule has 9 heteroatoms. The largest absolute Gasteiger partial charge is 0.361 e. The first-order valence-corrected chi connectivity index (χ1v) is 16.2. The highest BCUT2D eigenvalue weighted by Gasteiger charge is 2.34. The molecule has 0 aliphatic carbocycles. The highest BCUT2D eigenvalue weighted by molar-refractivity contribution is 5.98. The minimum absolute atomic E-state index is 0.218. The van der Waals surface area contributed by atoms with E-state index in [1.165, 1.54) is 21.6 Å². The molecule has 1 saturated heterocycles. The zero-order chi connectivity index (χ0) is 32.6. The van der Waals surface area contributed by atoms with Gasteiger partial charge >= 0.3 is 0 Å². The van der Waals surface area contributed by atoms with Crippen LogP contribution in [0.2, 0.25) is 0 Å². The van der Waals surface area contributed by atoms with Crippen LogP contribution in [0.3, 0.4) is 0 Å². The Morgan fingerprint density at radius 3 is 2.28 bits per heavy atom. The molecule has 1 aromatic heterocycles. The molecule has 4 amide bonds. The summed E-state index contributed by atoms with van der Waals surface area (Å²) in [5.41, 5.74) is 7.70. The number of aromatic nitrogens is 1. The molecule has 1 aliphatic heterocycles. The minimum atomic E-state index is -0.897. The first kappa shape index (κ1) is 32.5. The second-order valence-corrected chi connectivity index (χ2v) is 11.9. The van der Waals surface area contributed by atoms with Crippen molar-refractivity contribution in [2.45, 2.75) is 71.5 Å². The molecule has 4 N–H and O–H groups in total. The summed E-state index contributed by atoms with van der Waals surface area (Å²) < 4.78 is 0. The number of H-pyrrole nitrogens is 1. The number of aryl methyl sites for hydroxylation is 2. The number of benzene rings is 3. The number of piperazine rings is 1. The van der Waals surface area contributed by atoms with Crippen LogP contribution in [-0.4, -0.2) is 58.7 Å². The van der Waals surface area contributed by atoms with E-state index in [2.05, 4.69) is 53.8 Å². The van der Waals surface area contributed by atoms with Gasteiger partial charge < -0.3 is 25.8 Å². The molecule has 5 rings (SSSR count). The van der Waals surface area contributed by atoms with Crippen molar-refractivity contribution in [3.8, 4) is 0 Å². The predicted molar refractivity (Wildman–Crippen MR) is 179 cm³/mol. The molecule has 0 radical (unpaired) electrons. The van der Waals surface area contributed by atoms with Crippen LogP contribution in [-0.2, 0) is 57.8 Å². The molecule has 1 fully saturated rings. The Labute approximate surface area is 270 Å². The lowest BCUT2D eigenvalue weighted by Crippen LogP contribution is -2.61. The normalized spacial score (nSPS) is 15.5. The first-order valence-electron chi connectivity index (χ1n) is 16.2. The Morgan fingerprint density at radius 2 is 1.59 bits per heavy atom. The van der Waals surface area contributed by atoms with Crippen molar-refractivity contribution in [2.75, 3.05) is 13.1 Å². The number of nitrogens with one attached hydrogen (secondary N) is 4. The van der Waals surface area contributed by atoms with Gasteiger partial charge in [-0.2, -0.15) is 0 Å². The zero-order valence-corrected chi connectivity index (χ0v) is 26.8. The quantitative estimate of drug-likeness (QED) is 0.182. The van der Waals surface area contributed by atoms with E-state index < -0.39 is 18.0 Å². The molecule has 1 aliphatic rings. The Kier molecular flexibility index (Phi) is 10.5. The number of hydrogen-bond acceptors (Lipinski definition) is 4. The van der Waals surface area contributed by atoms with Gasteiger partial charge in [0.05, 0.1) is 0 Å². The van der Waals surface area contributed by atoms with Gasteiger partial charge in [-0.05, 0) is 58.7 Å². The number of nitrogens with zero attached hydrogens (tertiary/aromatic N) is 1. The van der Waals surface area contributed by atoms with Crippen LogP contribution in [0, 0.1) is 0 Å². The maximum atomic E-state index is 13.7. The predicted octanol–water partition coefficient (Wildman–Crippen LogP) is 3.77. The van der Waals surface area contributed by atoms with Gasteiger partial charge in [0.2, 0.25) is 23.6 Å². The van der Waals surface area contributed by atoms with Crippen molar-refractivity contribution < 1.29 is 19.2 Å². The summed E-state index contributed by atoms with van der Waals surface area (Å²) in [7, 11) is 0. The number of amides is 4. The number of aromatic amines is 1. The highest BCUT2D eigenvalue weighted by atomic mass is 16.2. The standard InChI is InChI=1S/C37H43N5O4/c1-4-26-16-25(17-27(5-2)29(26)6-3)20-39-36(45)32(19-28-21-38-31-15-11-10-14-30(28)31)40-34(43)22-42-23-35(44)41-33(37(42)46)18-24-12-8-7-9-13-24/h7-17,21,32-33,38H,4-6,18-20,22-23H2,1-3H3,(H,39,45)(H,40,43)(H,41,44). The number of fused-ring (bicyclic) bond motifs is 1. The van der Waals surface area contributed by atoms with Crippen molar-refractivity contribution >= 4 is 34.5 Å². The average Bonchev–Trinajstić information content (AvgIpc) is 3.47. The Bertz CT molecular complexity index is 1690. The van der Waals surface area contributed by atoms with Crippen LogP contribution in [0.15, 0.2) is 72.9 Å². The second kappa shape index (κ2) is 14.9. The fourth-order valence-electron chi connectivity index (χ4n) is 6.41. The van der Waals surface area contributed by atoms with Crippen LogP contribution in [0.1, 0.15) is 54.2 Å². The minimum Gasteiger partial charge on any atom is -0.361 e. The van der Waals surface area contributed by atoms with E-state index in [1.807, 2.05) is 60.8 Å². The van der Waals surface area contributed by atoms with Gasteiger partial charge in [-0.3, -0.25) is 19.2 Å². The maximum absolute atomic E-state index is 13.7.